The second-order valence-corrected chi connectivity index (χ2v) is 7.45. The molecule has 0 saturated carbocycles. The number of thiazole rings is 1. The summed E-state index contributed by atoms with van der Waals surface area (Å²) < 4.78 is 13.2. The Morgan fingerprint density at radius 2 is 1.93 bits per heavy atom. The molecule has 0 aliphatic carbocycles. The third-order valence-electron chi connectivity index (χ3n) is 4.63. The van der Waals surface area contributed by atoms with Crippen LogP contribution >= 0.6 is 11.3 Å². The van der Waals surface area contributed by atoms with E-state index in [2.05, 4.69) is 4.99 Å². The van der Waals surface area contributed by atoms with Crippen molar-refractivity contribution in [2.45, 2.75) is 6.67 Å². The summed E-state index contributed by atoms with van der Waals surface area (Å²) in [6, 6.07) is 15.8. The van der Waals surface area contributed by atoms with E-state index >= 15 is 0 Å². The minimum absolute atomic E-state index is 0.0214. The molecule has 7 heteroatoms. The molecule has 0 fully saturated rings. The van der Waals surface area contributed by atoms with E-state index in [4.69, 9.17) is 9.47 Å². The molecule has 0 N–H and O–H groups in total. The van der Waals surface area contributed by atoms with Crippen LogP contribution in [0.4, 0.5) is 5.69 Å². The average Bonchev–Trinajstić information content (AvgIpc) is 3.33. The van der Waals surface area contributed by atoms with Crippen molar-refractivity contribution < 1.29 is 9.47 Å². The van der Waals surface area contributed by atoms with Crippen molar-refractivity contribution in [3.05, 3.63) is 79.9 Å². The van der Waals surface area contributed by atoms with Gasteiger partial charge in [0.15, 0.2) is 16.3 Å². The lowest BCUT2D eigenvalue weighted by atomic mass is 10.2. The van der Waals surface area contributed by atoms with E-state index in [0.29, 0.717) is 17.9 Å². The van der Waals surface area contributed by atoms with E-state index in [1.807, 2.05) is 71.7 Å². The number of anilines is 1. The smallest absolute Gasteiger partial charge is 0.271 e. The number of hydrogen-bond acceptors (Lipinski definition) is 6. The van der Waals surface area contributed by atoms with E-state index in [9.17, 15) is 4.79 Å². The summed E-state index contributed by atoms with van der Waals surface area (Å²) >= 11 is 1.42. The Bertz CT molecular complexity index is 1230. The first-order valence-corrected chi connectivity index (χ1v) is 9.72. The molecule has 5 rings (SSSR count). The Morgan fingerprint density at radius 3 is 2.82 bits per heavy atom. The van der Waals surface area contributed by atoms with Crippen LogP contribution in [0, 0.1) is 0 Å². The first kappa shape index (κ1) is 16.8. The molecule has 0 amide bonds. The zero-order valence-electron chi connectivity index (χ0n) is 14.9. The predicted molar refractivity (Wildman–Crippen MR) is 109 cm³/mol. The van der Waals surface area contributed by atoms with Crippen molar-refractivity contribution in [3.8, 4) is 11.5 Å². The average molecular weight is 391 g/mol. The van der Waals surface area contributed by atoms with Gasteiger partial charge in [-0.15, -0.1) is 0 Å². The van der Waals surface area contributed by atoms with Crippen LogP contribution in [0.25, 0.3) is 12.2 Å². The highest BCUT2D eigenvalue weighted by Gasteiger charge is 2.19. The molecular formula is C21H17N3O3S. The quantitative estimate of drug-likeness (QED) is 0.687. The highest BCUT2D eigenvalue weighted by molar-refractivity contribution is 7.07. The fourth-order valence-electron chi connectivity index (χ4n) is 3.18. The zero-order valence-corrected chi connectivity index (χ0v) is 15.8. The largest absolute Gasteiger partial charge is 0.454 e. The van der Waals surface area contributed by atoms with Crippen molar-refractivity contribution in [2.24, 2.45) is 4.99 Å². The molecule has 0 atom stereocenters. The zero-order chi connectivity index (χ0) is 18.9. The lowest BCUT2D eigenvalue weighted by molar-refractivity contribution is 0.174. The van der Waals surface area contributed by atoms with Gasteiger partial charge in [0.1, 0.15) is 13.3 Å². The molecular weight excluding hydrogens is 374 g/mol. The number of ether oxygens (including phenoxy) is 2. The molecule has 140 valence electrons. The van der Waals surface area contributed by atoms with Gasteiger partial charge in [0.2, 0.25) is 6.79 Å². The van der Waals surface area contributed by atoms with Gasteiger partial charge in [0.25, 0.3) is 5.56 Å². The molecule has 28 heavy (non-hydrogen) atoms. The lowest BCUT2D eigenvalue weighted by Crippen LogP contribution is -2.42. The van der Waals surface area contributed by atoms with Crippen molar-refractivity contribution >= 4 is 29.2 Å². The Balaban J connectivity index is 1.42. The van der Waals surface area contributed by atoms with E-state index in [-0.39, 0.29) is 12.4 Å². The van der Waals surface area contributed by atoms with Crippen molar-refractivity contribution in [1.82, 2.24) is 4.57 Å². The number of aromatic nitrogens is 1. The molecule has 0 saturated heterocycles. The normalized spacial score (nSPS) is 15.7. The predicted octanol–water partition coefficient (Wildman–Crippen LogP) is 2.19. The first-order valence-electron chi connectivity index (χ1n) is 8.90. The van der Waals surface area contributed by atoms with Crippen LogP contribution in [-0.4, -0.2) is 18.0 Å². The minimum Gasteiger partial charge on any atom is -0.454 e. The number of benzene rings is 2. The highest BCUT2D eigenvalue weighted by Crippen LogP contribution is 2.35. The van der Waals surface area contributed by atoms with Gasteiger partial charge in [-0.2, -0.15) is 0 Å². The maximum atomic E-state index is 12.8. The van der Waals surface area contributed by atoms with E-state index < -0.39 is 0 Å². The van der Waals surface area contributed by atoms with Gasteiger partial charge in [0, 0.05) is 11.8 Å². The molecule has 0 unspecified atom stereocenters. The van der Waals surface area contributed by atoms with E-state index in [1.54, 1.807) is 4.57 Å². The SMILES string of the molecule is O=c1c(=CC=Cc2ccccc2)sc2n1CN(c1ccc3c(c1)OCO3)CN=2. The standard InChI is InChI=1S/C21H17N3O3S/c25-20-19(8-4-7-15-5-2-1-3-6-15)28-21-22-12-23(13-24(20)21)16-9-10-17-18(11-16)27-14-26-17/h1-11H,12-14H2. The van der Waals surface area contributed by atoms with Crippen LogP contribution in [0.2, 0.25) is 0 Å². The Hall–Kier alpha value is -3.32. The summed E-state index contributed by atoms with van der Waals surface area (Å²) in [6.45, 7) is 1.20. The highest BCUT2D eigenvalue weighted by atomic mass is 32.1. The first-order chi connectivity index (χ1) is 13.8. The minimum atomic E-state index is -0.0214. The van der Waals surface area contributed by atoms with Crippen molar-refractivity contribution in [2.75, 3.05) is 18.4 Å². The number of allylic oxidation sites excluding steroid dienone is 1. The second-order valence-electron chi connectivity index (χ2n) is 6.44. The van der Waals surface area contributed by atoms with Gasteiger partial charge < -0.3 is 14.4 Å². The van der Waals surface area contributed by atoms with Crippen LogP contribution in [-0.2, 0) is 6.67 Å². The molecule has 1 aromatic heterocycles. The van der Waals surface area contributed by atoms with Crippen LogP contribution in [0.1, 0.15) is 5.56 Å². The molecule has 2 aliphatic rings. The summed E-state index contributed by atoms with van der Waals surface area (Å²) in [5, 5.41) is 0. The van der Waals surface area contributed by atoms with E-state index in [0.717, 1.165) is 27.6 Å². The topological polar surface area (TPSA) is 56.1 Å². The van der Waals surface area contributed by atoms with Gasteiger partial charge in [-0.05, 0) is 23.8 Å². The summed E-state index contributed by atoms with van der Waals surface area (Å²) in [4.78, 5) is 20.2. The summed E-state index contributed by atoms with van der Waals surface area (Å²) in [5.41, 5.74) is 2.03. The molecule has 0 radical (unpaired) electrons. The maximum Gasteiger partial charge on any atom is 0.271 e. The van der Waals surface area contributed by atoms with Crippen LogP contribution in [0.5, 0.6) is 11.5 Å². The summed E-state index contributed by atoms with van der Waals surface area (Å²) in [5.74, 6) is 1.47. The monoisotopic (exact) mass is 391 g/mol. The molecule has 2 aliphatic heterocycles. The number of fused-ring (bicyclic) bond motifs is 2. The van der Waals surface area contributed by atoms with Crippen molar-refractivity contribution in [3.63, 3.8) is 0 Å². The number of hydrogen-bond donors (Lipinski definition) is 0. The molecule has 2 aromatic carbocycles. The molecule has 0 spiro atoms. The van der Waals surface area contributed by atoms with Crippen LogP contribution in [0.3, 0.4) is 0 Å². The lowest BCUT2D eigenvalue weighted by Gasteiger charge is -2.25. The maximum absolute atomic E-state index is 12.8. The molecule has 3 heterocycles. The van der Waals surface area contributed by atoms with Crippen LogP contribution < -0.4 is 29.3 Å². The van der Waals surface area contributed by atoms with Crippen LogP contribution in [0.15, 0.2) is 64.4 Å². The molecule has 3 aromatic rings. The third kappa shape index (κ3) is 3.10. The molecule has 0 bridgehead atoms. The Morgan fingerprint density at radius 1 is 1.07 bits per heavy atom. The third-order valence-corrected chi connectivity index (χ3v) is 5.70. The van der Waals surface area contributed by atoms with Crippen molar-refractivity contribution in [1.29, 1.82) is 0 Å². The number of nitrogens with zero attached hydrogens (tertiary/aromatic N) is 3. The number of rotatable bonds is 3. The molecule has 6 nitrogen and oxygen atoms in total. The summed E-state index contributed by atoms with van der Waals surface area (Å²) in [6.07, 6.45) is 5.74. The van der Waals surface area contributed by atoms with Gasteiger partial charge >= 0.3 is 0 Å². The summed E-state index contributed by atoms with van der Waals surface area (Å²) in [7, 11) is 0. The Kier molecular flexibility index (Phi) is 4.21. The van der Waals surface area contributed by atoms with Gasteiger partial charge in [-0.3, -0.25) is 9.36 Å². The Labute approximate surface area is 164 Å². The fraction of sp³-hybridized carbons (Fsp3) is 0.143. The van der Waals surface area contributed by atoms with Gasteiger partial charge in [-0.25, -0.2) is 4.99 Å². The van der Waals surface area contributed by atoms with Gasteiger partial charge in [0.05, 0.1) is 4.53 Å². The van der Waals surface area contributed by atoms with E-state index in [1.165, 1.54) is 11.3 Å². The second kappa shape index (κ2) is 7.01. The van der Waals surface area contributed by atoms with Gasteiger partial charge in [-0.1, -0.05) is 53.8 Å². The fourth-order valence-corrected chi connectivity index (χ4v) is 4.10.